The number of esters is 1. The maximum absolute atomic E-state index is 13.0. The quantitative estimate of drug-likeness (QED) is 0.0655. The highest BCUT2D eigenvalue weighted by Gasteiger charge is 2.17. The first-order chi connectivity index (χ1) is 21.8. The fourth-order valence-corrected chi connectivity index (χ4v) is 4.10. The number of nitro groups is 1. The van der Waals surface area contributed by atoms with Gasteiger partial charge in [0.25, 0.3) is 11.6 Å². The molecular weight excluding hydrogens is 580 g/mol. The fourth-order valence-electron chi connectivity index (χ4n) is 4.10. The van der Waals surface area contributed by atoms with Crippen LogP contribution in [0.15, 0.2) is 96.1 Å². The smallest absolute Gasteiger partial charge is 0.343 e. The Morgan fingerprint density at radius 3 is 2.18 bits per heavy atom. The number of nitrogens with zero attached hydrogens (tertiary/aromatic N) is 2. The molecule has 4 rings (SSSR count). The van der Waals surface area contributed by atoms with E-state index >= 15 is 0 Å². The van der Waals surface area contributed by atoms with Gasteiger partial charge >= 0.3 is 5.97 Å². The summed E-state index contributed by atoms with van der Waals surface area (Å²) in [7, 11) is 0. The first kappa shape index (κ1) is 31.9. The van der Waals surface area contributed by atoms with Crippen molar-refractivity contribution < 1.29 is 33.5 Å². The molecule has 0 aliphatic rings. The maximum atomic E-state index is 13.0. The average Bonchev–Trinajstić information content (AvgIpc) is 3.03. The fraction of sp³-hybridized carbons (Fsp3) is 0.152. The van der Waals surface area contributed by atoms with Gasteiger partial charge in [-0.1, -0.05) is 30.3 Å². The lowest BCUT2D eigenvalue weighted by atomic mass is 10.1. The Morgan fingerprint density at radius 2 is 1.49 bits per heavy atom. The number of hydrogen-bond donors (Lipinski definition) is 2. The van der Waals surface area contributed by atoms with E-state index in [1.54, 1.807) is 25.1 Å². The minimum atomic E-state index is -0.748. The molecule has 0 saturated heterocycles. The Hall–Kier alpha value is -6.04. The van der Waals surface area contributed by atoms with Crippen LogP contribution in [0.4, 0.5) is 11.4 Å². The third kappa shape index (κ3) is 8.97. The first-order valence-corrected chi connectivity index (χ1v) is 13.9. The van der Waals surface area contributed by atoms with Gasteiger partial charge in [-0.2, -0.15) is 5.10 Å². The molecule has 0 radical (unpaired) electrons. The van der Waals surface area contributed by atoms with Gasteiger partial charge in [0.1, 0.15) is 5.75 Å². The van der Waals surface area contributed by atoms with Crippen LogP contribution in [-0.2, 0) is 11.2 Å². The lowest BCUT2D eigenvalue weighted by molar-refractivity contribution is -0.384. The van der Waals surface area contributed by atoms with Crippen LogP contribution in [0.3, 0.4) is 0 Å². The van der Waals surface area contributed by atoms with Crippen LogP contribution < -0.4 is 25.0 Å². The molecule has 0 spiro atoms. The number of nitro benzene ring substituents is 1. The summed E-state index contributed by atoms with van der Waals surface area (Å²) >= 11 is 0. The Kier molecular flexibility index (Phi) is 10.9. The van der Waals surface area contributed by atoms with Gasteiger partial charge < -0.3 is 19.5 Å². The molecule has 0 aliphatic heterocycles. The highest BCUT2D eigenvalue weighted by atomic mass is 16.6. The van der Waals surface area contributed by atoms with Gasteiger partial charge in [-0.25, -0.2) is 10.2 Å². The Bertz CT molecular complexity index is 1710. The summed E-state index contributed by atoms with van der Waals surface area (Å²) in [5, 5.41) is 18.1. The molecule has 2 N–H and O–H groups in total. The molecular formula is C33H30N4O8. The van der Waals surface area contributed by atoms with Crippen molar-refractivity contribution in [1.29, 1.82) is 0 Å². The number of carbonyl (C=O) groups excluding carboxylic acids is 3. The summed E-state index contributed by atoms with van der Waals surface area (Å²) in [5.74, 6) is -0.709. The van der Waals surface area contributed by atoms with E-state index in [0.717, 1.165) is 17.8 Å². The third-order valence-corrected chi connectivity index (χ3v) is 6.19. The molecule has 0 bridgehead atoms. The van der Waals surface area contributed by atoms with E-state index in [4.69, 9.17) is 14.2 Å². The standard InChI is InChI=1S/C33H30N4O8/c1-3-43-29-16-12-24(20-30(29)44-4-2)33(40)45-28-17-15-27(37(41)42)19-25(28)21-34-36-32(39)23-10-13-26(14-11-23)35-31(38)18-22-8-6-5-7-9-22/h5-17,19-21H,3-4,18H2,1-2H3,(H,35,38)(H,36,39)/b34-21+. The second-order valence-corrected chi connectivity index (χ2v) is 9.38. The van der Waals surface area contributed by atoms with E-state index in [9.17, 15) is 24.5 Å². The zero-order valence-electron chi connectivity index (χ0n) is 24.5. The summed E-state index contributed by atoms with van der Waals surface area (Å²) in [6.07, 6.45) is 1.34. The number of nitrogens with one attached hydrogen (secondary N) is 2. The van der Waals surface area contributed by atoms with Gasteiger partial charge in [-0.05, 0) is 67.9 Å². The number of benzene rings is 4. The second-order valence-electron chi connectivity index (χ2n) is 9.38. The molecule has 12 nitrogen and oxygen atoms in total. The zero-order chi connectivity index (χ0) is 32.2. The molecule has 0 heterocycles. The SMILES string of the molecule is CCOc1ccc(C(=O)Oc2ccc([N+](=O)[O-])cc2/C=N/NC(=O)c2ccc(NC(=O)Cc3ccccc3)cc2)cc1OCC. The molecule has 4 aromatic rings. The van der Waals surface area contributed by atoms with Crippen molar-refractivity contribution in [2.45, 2.75) is 20.3 Å². The van der Waals surface area contributed by atoms with Crippen molar-refractivity contribution in [3.63, 3.8) is 0 Å². The topological polar surface area (TPSA) is 158 Å². The lowest BCUT2D eigenvalue weighted by Gasteiger charge is -2.12. The lowest BCUT2D eigenvalue weighted by Crippen LogP contribution is -2.18. The maximum Gasteiger partial charge on any atom is 0.343 e. The van der Waals surface area contributed by atoms with Gasteiger partial charge in [0.2, 0.25) is 5.91 Å². The summed E-state index contributed by atoms with van der Waals surface area (Å²) in [6, 6.07) is 23.7. The molecule has 45 heavy (non-hydrogen) atoms. The van der Waals surface area contributed by atoms with Crippen molar-refractivity contribution >= 4 is 35.4 Å². The molecule has 0 aliphatic carbocycles. The monoisotopic (exact) mass is 610 g/mol. The predicted octanol–water partition coefficient (Wildman–Crippen LogP) is 5.56. The van der Waals surface area contributed by atoms with Gasteiger partial charge in [-0.15, -0.1) is 0 Å². The molecule has 0 atom stereocenters. The molecule has 4 aromatic carbocycles. The minimum absolute atomic E-state index is 0.0222. The first-order valence-electron chi connectivity index (χ1n) is 13.9. The van der Waals surface area contributed by atoms with E-state index in [1.807, 2.05) is 37.3 Å². The van der Waals surface area contributed by atoms with Crippen molar-refractivity contribution in [2.75, 3.05) is 18.5 Å². The number of ether oxygens (including phenoxy) is 3. The van der Waals surface area contributed by atoms with Crippen LogP contribution in [0, 0.1) is 10.1 Å². The number of rotatable bonds is 13. The van der Waals surface area contributed by atoms with Crippen LogP contribution >= 0.6 is 0 Å². The summed E-state index contributed by atoms with van der Waals surface area (Å²) in [4.78, 5) is 48.7. The van der Waals surface area contributed by atoms with E-state index in [1.165, 1.54) is 36.4 Å². The molecule has 0 saturated carbocycles. The number of amides is 2. The number of hydrogen-bond acceptors (Lipinski definition) is 9. The zero-order valence-corrected chi connectivity index (χ0v) is 24.5. The summed E-state index contributed by atoms with van der Waals surface area (Å²) in [6.45, 7) is 4.38. The molecule has 0 fully saturated rings. The third-order valence-electron chi connectivity index (χ3n) is 6.19. The van der Waals surface area contributed by atoms with Gasteiger partial charge in [0, 0.05) is 28.9 Å². The van der Waals surface area contributed by atoms with Crippen molar-refractivity contribution in [1.82, 2.24) is 5.43 Å². The van der Waals surface area contributed by atoms with Crippen LogP contribution in [0.1, 0.15) is 45.7 Å². The molecule has 0 unspecified atom stereocenters. The normalized spacial score (nSPS) is 10.6. The number of carbonyl (C=O) groups is 3. The molecule has 2 amide bonds. The van der Waals surface area contributed by atoms with E-state index in [2.05, 4.69) is 15.8 Å². The molecule has 12 heteroatoms. The van der Waals surface area contributed by atoms with Gasteiger partial charge in [0.05, 0.1) is 36.3 Å². The average molecular weight is 611 g/mol. The summed E-state index contributed by atoms with van der Waals surface area (Å²) in [5.41, 5.74) is 3.95. The van der Waals surface area contributed by atoms with Crippen LogP contribution in [0.2, 0.25) is 0 Å². The van der Waals surface area contributed by atoms with E-state index in [0.29, 0.717) is 30.4 Å². The predicted molar refractivity (Wildman–Crippen MR) is 167 cm³/mol. The van der Waals surface area contributed by atoms with E-state index < -0.39 is 16.8 Å². The number of non-ortho nitro benzene ring substituents is 1. The van der Waals surface area contributed by atoms with Gasteiger partial charge in [0.15, 0.2) is 11.5 Å². The highest BCUT2D eigenvalue weighted by Crippen LogP contribution is 2.30. The van der Waals surface area contributed by atoms with Crippen LogP contribution in [-0.4, -0.2) is 42.1 Å². The molecule has 230 valence electrons. The van der Waals surface area contributed by atoms with E-state index in [-0.39, 0.29) is 40.5 Å². The van der Waals surface area contributed by atoms with Crippen LogP contribution in [0.25, 0.3) is 0 Å². The number of anilines is 1. The van der Waals surface area contributed by atoms with Crippen molar-refractivity contribution in [2.24, 2.45) is 5.10 Å². The largest absolute Gasteiger partial charge is 0.490 e. The Morgan fingerprint density at radius 1 is 0.822 bits per heavy atom. The second kappa shape index (κ2) is 15.4. The number of hydrazone groups is 1. The Balaban J connectivity index is 1.43. The van der Waals surface area contributed by atoms with Gasteiger partial charge in [-0.3, -0.25) is 19.7 Å². The van der Waals surface area contributed by atoms with Crippen LogP contribution in [0.5, 0.6) is 17.2 Å². The molecule has 0 aromatic heterocycles. The summed E-state index contributed by atoms with van der Waals surface area (Å²) < 4.78 is 16.6. The van der Waals surface area contributed by atoms with Crippen molar-refractivity contribution in [3.05, 3.63) is 123 Å². The minimum Gasteiger partial charge on any atom is -0.490 e. The highest BCUT2D eigenvalue weighted by molar-refractivity contribution is 5.97. The van der Waals surface area contributed by atoms with Crippen molar-refractivity contribution in [3.8, 4) is 17.2 Å². The Labute approximate surface area is 258 Å².